The average molecular weight is 415 g/mol. The Morgan fingerprint density at radius 1 is 1.23 bits per heavy atom. The summed E-state index contributed by atoms with van der Waals surface area (Å²) in [6.07, 6.45) is 0.601. The Labute approximate surface area is 176 Å². The number of hydrogen-bond donors (Lipinski definition) is 2. The average Bonchev–Trinajstić information content (AvgIpc) is 3.26. The van der Waals surface area contributed by atoms with Crippen LogP contribution in [0.2, 0.25) is 0 Å². The third-order valence-electron chi connectivity index (χ3n) is 5.10. The number of amides is 2. The van der Waals surface area contributed by atoms with Crippen molar-refractivity contribution in [2.45, 2.75) is 57.9 Å². The van der Waals surface area contributed by atoms with Gasteiger partial charge in [0, 0.05) is 19.7 Å². The lowest BCUT2D eigenvalue weighted by molar-refractivity contribution is -0.126. The fraction of sp³-hybridized carbons (Fsp3) is 0.500. The summed E-state index contributed by atoms with van der Waals surface area (Å²) in [5, 5.41) is 17.2. The van der Waals surface area contributed by atoms with Crippen molar-refractivity contribution in [3.8, 4) is 11.3 Å². The van der Waals surface area contributed by atoms with Crippen LogP contribution < -0.4 is 5.32 Å². The highest BCUT2D eigenvalue weighted by atomic mass is 16.6. The van der Waals surface area contributed by atoms with E-state index in [-0.39, 0.29) is 24.9 Å². The lowest BCUT2D eigenvalue weighted by Crippen LogP contribution is -2.48. The van der Waals surface area contributed by atoms with E-state index in [9.17, 15) is 14.7 Å². The van der Waals surface area contributed by atoms with Gasteiger partial charge in [0.2, 0.25) is 5.91 Å². The van der Waals surface area contributed by atoms with Crippen LogP contribution in [-0.2, 0) is 16.6 Å². The predicted octanol–water partition coefficient (Wildman–Crippen LogP) is 2.63. The monoisotopic (exact) mass is 414 g/mol. The second-order valence-electron chi connectivity index (χ2n) is 8.73. The molecule has 1 fully saturated rings. The molecule has 8 nitrogen and oxygen atoms in total. The molecule has 0 saturated carbocycles. The van der Waals surface area contributed by atoms with E-state index in [1.54, 1.807) is 31.6 Å². The minimum absolute atomic E-state index is 0.0841. The van der Waals surface area contributed by atoms with Crippen molar-refractivity contribution in [1.82, 2.24) is 20.0 Å². The zero-order chi connectivity index (χ0) is 22.1. The molecule has 1 aromatic carbocycles. The van der Waals surface area contributed by atoms with Crippen LogP contribution in [0.4, 0.5) is 4.79 Å². The highest BCUT2D eigenvalue weighted by Gasteiger charge is 2.41. The van der Waals surface area contributed by atoms with Crippen molar-refractivity contribution in [2.24, 2.45) is 7.05 Å². The number of benzene rings is 1. The normalized spacial score (nSPS) is 20.1. The predicted molar refractivity (Wildman–Crippen MR) is 113 cm³/mol. The molecule has 2 amide bonds. The van der Waals surface area contributed by atoms with Crippen LogP contribution in [0.1, 0.15) is 45.7 Å². The number of carbonyl (C=O) groups is 2. The molecule has 0 bridgehead atoms. The molecule has 1 saturated heterocycles. The Morgan fingerprint density at radius 3 is 2.47 bits per heavy atom. The fourth-order valence-electron chi connectivity index (χ4n) is 3.58. The maximum Gasteiger partial charge on any atom is 0.411 e. The molecule has 1 aromatic heterocycles. The molecule has 0 aliphatic carbocycles. The summed E-state index contributed by atoms with van der Waals surface area (Å²) in [6.45, 7) is 7.28. The Morgan fingerprint density at radius 2 is 1.90 bits per heavy atom. The van der Waals surface area contributed by atoms with Crippen molar-refractivity contribution in [3.05, 3.63) is 42.1 Å². The molecule has 0 radical (unpaired) electrons. The van der Waals surface area contributed by atoms with Crippen molar-refractivity contribution in [1.29, 1.82) is 0 Å². The number of likely N-dealkylation sites (tertiary alicyclic amines) is 1. The van der Waals surface area contributed by atoms with Crippen LogP contribution >= 0.6 is 0 Å². The van der Waals surface area contributed by atoms with Gasteiger partial charge in [0.25, 0.3) is 0 Å². The molecule has 8 heteroatoms. The third-order valence-corrected chi connectivity index (χ3v) is 5.10. The number of hydrogen-bond acceptors (Lipinski definition) is 5. The lowest BCUT2D eigenvalue weighted by atomic mass is 10.0. The molecule has 1 aliphatic rings. The summed E-state index contributed by atoms with van der Waals surface area (Å²) in [5.74, 6) is -0.305. The summed E-state index contributed by atoms with van der Waals surface area (Å²) in [5.41, 5.74) is 2.31. The molecule has 3 atom stereocenters. The lowest BCUT2D eigenvalue weighted by Gasteiger charge is -2.28. The van der Waals surface area contributed by atoms with Gasteiger partial charge < -0.3 is 15.2 Å². The van der Waals surface area contributed by atoms with Gasteiger partial charge in [-0.15, -0.1) is 0 Å². The molecule has 2 N–H and O–H groups in total. The van der Waals surface area contributed by atoms with Gasteiger partial charge in [-0.2, -0.15) is 5.10 Å². The van der Waals surface area contributed by atoms with Crippen LogP contribution in [-0.4, -0.2) is 56.1 Å². The number of nitrogens with one attached hydrogen (secondary N) is 1. The number of β-amino-alcohol motifs (C(OH)–C–C–N with tert-alkyl or cyclic N) is 1. The van der Waals surface area contributed by atoms with Crippen LogP contribution in [0.25, 0.3) is 11.3 Å². The number of aromatic nitrogens is 2. The number of aliphatic hydroxyl groups excluding tert-OH is 1. The molecule has 3 rings (SSSR count). The molecule has 0 spiro atoms. The van der Waals surface area contributed by atoms with Crippen molar-refractivity contribution in [2.75, 3.05) is 6.54 Å². The molecule has 0 unspecified atom stereocenters. The number of rotatable bonds is 4. The van der Waals surface area contributed by atoms with E-state index in [0.29, 0.717) is 0 Å². The van der Waals surface area contributed by atoms with Gasteiger partial charge in [-0.1, -0.05) is 24.3 Å². The van der Waals surface area contributed by atoms with Crippen molar-refractivity contribution < 1.29 is 19.4 Å². The summed E-state index contributed by atoms with van der Waals surface area (Å²) >= 11 is 0. The summed E-state index contributed by atoms with van der Waals surface area (Å²) < 4.78 is 7.19. The highest BCUT2D eigenvalue weighted by Crippen LogP contribution is 2.24. The molecular formula is C22H30N4O4. The number of aryl methyl sites for hydroxylation is 1. The van der Waals surface area contributed by atoms with Gasteiger partial charge in [0.15, 0.2) is 0 Å². The summed E-state index contributed by atoms with van der Waals surface area (Å²) in [7, 11) is 1.89. The molecule has 2 aromatic rings. The standard InChI is InChI=1S/C22H30N4O4/c1-14(15-6-8-16(9-7-15)18-10-11-23-25(18)5)24-20(28)19-12-17(27)13-26(19)21(29)30-22(2,3)4/h6-11,14,17,19,27H,12-13H2,1-5H3,(H,24,28)/t14-,17+,19-/m0/s1. The Kier molecular flexibility index (Phi) is 6.17. The van der Waals surface area contributed by atoms with Gasteiger partial charge in [-0.25, -0.2) is 4.79 Å². The van der Waals surface area contributed by atoms with E-state index < -0.39 is 23.8 Å². The van der Waals surface area contributed by atoms with Gasteiger partial charge in [0.05, 0.1) is 24.4 Å². The van der Waals surface area contributed by atoms with Gasteiger partial charge in [-0.3, -0.25) is 14.4 Å². The number of ether oxygens (including phenoxy) is 1. The van der Waals surface area contributed by atoms with E-state index >= 15 is 0 Å². The first-order chi connectivity index (χ1) is 14.0. The zero-order valence-electron chi connectivity index (χ0n) is 18.1. The molecule has 1 aliphatic heterocycles. The van der Waals surface area contributed by atoms with Crippen molar-refractivity contribution >= 4 is 12.0 Å². The van der Waals surface area contributed by atoms with Crippen LogP contribution in [0.15, 0.2) is 36.5 Å². The zero-order valence-corrected chi connectivity index (χ0v) is 18.1. The first kappa shape index (κ1) is 21.8. The molecule has 162 valence electrons. The SMILES string of the molecule is C[C@H](NC(=O)[C@@H]1C[C@@H](O)CN1C(=O)OC(C)(C)C)c1ccc(-c2ccnn2C)cc1. The van der Waals surface area contributed by atoms with Crippen LogP contribution in [0.5, 0.6) is 0 Å². The third kappa shape index (κ3) is 4.99. The maximum atomic E-state index is 12.9. The second-order valence-corrected chi connectivity index (χ2v) is 8.73. The van der Waals surface area contributed by atoms with E-state index in [0.717, 1.165) is 16.8 Å². The van der Waals surface area contributed by atoms with Gasteiger partial charge in [-0.05, 0) is 44.9 Å². The fourth-order valence-corrected chi connectivity index (χ4v) is 3.58. The number of carbonyl (C=O) groups excluding carboxylic acids is 2. The van der Waals surface area contributed by atoms with E-state index in [1.807, 2.05) is 44.3 Å². The highest BCUT2D eigenvalue weighted by molar-refractivity contribution is 5.86. The molecule has 2 heterocycles. The maximum absolute atomic E-state index is 12.9. The number of nitrogens with zero attached hydrogens (tertiary/aromatic N) is 3. The minimum atomic E-state index is -0.758. The smallest absolute Gasteiger partial charge is 0.411 e. The first-order valence-corrected chi connectivity index (χ1v) is 10.1. The largest absolute Gasteiger partial charge is 0.444 e. The van der Waals surface area contributed by atoms with Crippen LogP contribution in [0, 0.1) is 0 Å². The minimum Gasteiger partial charge on any atom is -0.444 e. The van der Waals surface area contributed by atoms with Gasteiger partial charge in [0.1, 0.15) is 11.6 Å². The van der Waals surface area contributed by atoms with Gasteiger partial charge >= 0.3 is 6.09 Å². The summed E-state index contributed by atoms with van der Waals surface area (Å²) in [6, 6.07) is 8.83. The number of aliphatic hydroxyl groups is 1. The van der Waals surface area contributed by atoms with E-state index in [4.69, 9.17) is 4.74 Å². The van der Waals surface area contributed by atoms with E-state index in [2.05, 4.69) is 10.4 Å². The first-order valence-electron chi connectivity index (χ1n) is 10.1. The Hall–Kier alpha value is -2.87. The van der Waals surface area contributed by atoms with E-state index in [1.165, 1.54) is 4.90 Å². The molecular weight excluding hydrogens is 384 g/mol. The molecule has 30 heavy (non-hydrogen) atoms. The second kappa shape index (κ2) is 8.47. The topological polar surface area (TPSA) is 96.7 Å². The van der Waals surface area contributed by atoms with Crippen molar-refractivity contribution in [3.63, 3.8) is 0 Å². The van der Waals surface area contributed by atoms with Crippen LogP contribution in [0.3, 0.4) is 0 Å². The summed E-state index contributed by atoms with van der Waals surface area (Å²) in [4.78, 5) is 26.6. The Balaban J connectivity index is 1.66. The Bertz CT molecular complexity index is 901. The quantitative estimate of drug-likeness (QED) is 0.802.